The Bertz CT molecular complexity index is 1060. The standard InChI is InChI=1S/C22H28N6O4/c1-3-31-18-6-5-16(11-19(18)32-4-2)12-23-20(29)14-28-22-17(13-26-28)21(24-15-25-22)27-7-9-30-10-8-27/h5-6,11,13,15H,3-4,7-10,12,14H2,1-2H3,(H,23,29). The van der Waals surface area contributed by atoms with Gasteiger partial charge in [-0.1, -0.05) is 6.07 Å². The summed E-state index contributed by atoms with van der Waals surface area (Å²) in [6.07, 6.45) is 3.23. The lowest BCUT2D eigenvalue weighted by atomic mass is 10.2. The van der Waals surface area contributed by atoms with Gasteiger partial charge in [-0.3, -0.25) is 4.79 Å². The highest BCUT2D eigenvalue weighted by Crippen LogP contribution is 2.28. The first-order chi connectivity index (χ1) is 15.7. The Labute approximate surface area is 186 Å². The number of benzene rings is 1. The van der Waals surface area contributed by atoms with Gasteiger partial charge >= 0.3 is 0 Å². The van der Waals surface area contributed by atoms with E-state index in [-0.39, 0.29) is 12.5 Å². The van der Waals surface area contributed by atoms with Crippen molar-refractivity contribution >= 4 is 22.8 Å². The molecule has 4 rings (SSSR count). The van der Waals surface area contributed by atoms with Gasteiger partial charge in [0, 0.05) is 19.6 Å². The fraction of sp³-hybridized carbons (Fsp3) is 0.455. The monoisotopic (exact) mass is 440 g/mol. The van der Waals surface area contributed by atoms with Crippen LogP contribution in [0.2, 0.25) is 0 Å². The summed E-state index contributed by atoms with van der Waals surface area (Å²) >= 11 is 0. The Morgan fingerprint density at radius 1 is 1.12 bits per heavy atom. The average Bonchev–Trinajstić information content (AvgIpc) is 3.23. The minimum Gasteiger partial charge on any atom is -0.490 e. The van der Waals surface area contributed by atoms with Gasteiger partial charge < -0.3 is 24.4 Å². The Morgan fingerprint density at radius 2 is 1.91 bits per heavy atom. The topological polar surface area (TPSA) is 104 Å². The number of carbonyl (C=O) groups is 1. The summed E-state index contributed by atoms with van der Waals surface area (Å²) < 4.78 is 18.3. The lowest BCUT2D eigenvalue weighted by Crippen LogP contribution is -2.36. The number of nitrogens with zero attached hydrogens (tertiary/aromatic N) is 5. The Balaban J connectivity index is 1.42. The van der Waals surface area contributed by atoms with Crippen LogP contribution in [0.4, 0.5) is 5.82 Å². The predicted molar refractivity (Wildman–Crippen MR) is 119 cm³/mol. The molecule has 3 aromatic rings. The van der Waals surface area contributed by atoms with Crippen molar-refractivity contribution in [1.82, 2.24) is 25.1 Å². The van der Waals surface area contributed by atoms with Crippen molar-refractivity contribution in [1.29, 1.82) is 0 Å². The molecule has 0 radical (unpaired) electrons. The van der Waals surface area contributed by atoms with E-state index in [1.54, 1.807) is 10.9 Å². The fourth-order valence-corrected chi connectivity index (χ4v) is 3.62. The smallest absolute Gasteiger partial charge is 0.242 e. The summed E-state index contributed by atoms with van der Waals surface area (Å²) in [6.45, 7) is 8.26. The summed E-state index contributed by atoms with van der Waals surface area (Å²) in [5.74, 6) is 2.03. The molecule has 1 saturated heterocycles. The van der Waals surface area contributed by atoms with Crippen molar-refractivity contribution in [2.24, 2.45) is 0 Å². The minimum absolute atomic E-state index is 0.0679. The number of ether oxygens (including phenoxy) is 3. The number of fused-ring (bicyclic) bond motifs is 1. The second-order valence-corrected chi connectivity index (χ2v) is 7.26. The van der Waals surface area contributed by atoms with E-state index in [1.807, 2.05) is 32.0 Å². The minimum atomic E-state index is -0.159. The van der Waals surface area contributed by atoms with Gasteiger partial charge in [-0.05, 0) is 31.5 Å². The summed E-state index contributed by atoms with van der Waals surface area (Å²) in [7, 11) is 0. The molecule has 10 heteroatoms. The van der Waals surface area contributed by atoms with Crippen LogP contribution in [0, 0.1) is 0 Å². The van der Waals surface area contributed by atoms with Gasteiger partial charge in [-0.15, -0.1) is 0 Å². The van der Waals surface area contributed by atoms with Gasteiger partial charge in [0.2, 0.25) is 5.91 Å². The van der Waals surface area contributed by atoms with Gasteiger partial charge in [0.25, 0.3) is 0 Å². The van der Waals surface area contributed by atoms with Gasteiger partial charge in [0.1, 0.15) is 18.7 Å². The predicted octanol–water partition coefficient (Wildman–Crippen LogP) is 1.78. The molecule has 0 atom stereocenters. The van der Waals surface area contributed by atoms with E-state index in [2.05, 4.69) is 25.3 Å². The molecule has 2 aromatic heterocycles. The largest absolute Gasteiger partial charge is 0.490 e. The number of aromatic nitrogens is 4. The number of morpholine rings is 1. The maximum Gasteiger partial charge on any atom is 0.242 e. The zero-order valence-corrected chi connectivity index (χ0v) is 18.4. The number of nitrogens with one attached hydrogen (secondary N) is 1. The number of hydrogen-bond acceptors (Lipinski definition) is 8. The summed E-state index contributed by atoms with van der Waals surface area (Å²) in [6, 6.07) is 5.67. The summed E-state index contributed by atoms with van der Waals surface area (Å²) in [4.78, 5) is 23.5. The van der Waals surface area contributed by atoms with Crippen LogP contribution in [0.3, 0.4) is 0 Å². The molecular weight excluding hydrogens is 412 g/mol. The first-order valence-corrected chi connectivity index (χ1v) is 10.8. The molecule has 0 bridgehead atoms. The molecule has 1 aliphatic rings. The van der Waals surface area contributed by atoms with Crippen molar-refractivity contribution in [2.45, 2.75) is 26.9 Å². The third kappa shape index (κ3) is 4.91. The van der Waals surface area contributed by atoms with Crippen LogP contribution in [0.25, 0.3) is 11.0 Å². The van der Waals surface area contributed by atoms with E-state index in [0.717, 1.165) is 29.9 Å². The molecule has 1 N–H and O–H groups in total. The summed E-state index contributed by atoms with van der Waals surface area (Å²) in [5.41, 5.74) is 1.56. The van der Waals surface area contributed by atoms with E-state index in [9.17, 15) is 4.79 Å². The third-order valence-electron chi connectivity index (χ3n) is 5.11. The molecular formula is C22H28N6O4. The van der Waals surface area contributed by atoms with Crippen molar-refractivity contribution in [2.75, 3.05) is 44.4 Å². The highest BCUT2D eigenvalue weighted by atomic mass is 16.5. The highest BCUT2D eigenvalue weighted by Gasteiger charge is 2.18. The Kier molecular flexibility index (Phi) is 7.00. The SMILES string of the molecule is CCOc1ccc(CNC(=O)Cn2ncc3c(N4CCOCC4)ncnc32)cc1OCC. The lowest BCUT2D eigenvalue weighted by molar-refractivity contribution is -0.121. The van der Waals surface area contributed by atoms with Crippen LogP contribution < -0.4 is 19.7 Å². The normalized spacial score (nSPS) is 13.9. The number of hydrogen-bond donors (Lipinski definition) is 1. The van der Waals surface area contributed by atoms with Crippen LogP contribution in [0.1, 0.15) is 19.4 Å². The van der Waals surface area contributed by atoms with Crippen molar-refractivity contribution in [3.05, 3.63) is 36.3 Å². The number of carbonyl (C=O) groups excluding carboxylic acids is 1. The summed E-state index contributed by atoms with van der Waals surface area (Å²) in [5, 5.41) is 8.14. The average molecular weight is 441 g/mol. The molecule has 0 unspecified atom stereocenters. The van der Waals surface area contributed by atoms with Crippen LogP contribution in [0.15, 0.2) is 30.7 Å². The highest BCUT2D eigenvalue weighted by molar-refractivity contribution is 5.87. The zero-order valence-electron chi connectivity index (χ0n) is 18.4. The molecule has 1 amide bonds. The Hall–Kier alpha value is -3.40. The van der Waals surface area contributed by atoms with Crippen LogP contribution in [0.5, 0.6) is 11.5 Å². The number of anilines is 1. The number of rotatable bonds is 9. The van der Waals surface area contributed by atoms with Gasteiger partial charge in [-0.25, -0.2) is 14.6 Å². The lowest BCUT2D eigenvalue weighted by Gasteiger charge is -2.27. The second-order valence-electron chi connectivity index (χ2n) is 7.26. The molecule has 0 aliphatic carbocycles. The first-order valence-electron chi connectivity index (χ1n) is 10.8. The number of amides is 1. The van der Waals surface area contributed by atoms with E-state index in [0.29, 0.717) is 50.1 Å². The zero-order chi connectivity index (χ0) is 22.3. The molecule has 170 valence electrons. The third-order valence-corrected chi connectivity index (χ3v) is 5.11. The van der Waals surface area contributed by atoms with Crippen molar-refractivity contribution < 1.29 is 19.0 Å². The molecule has 1 aliphatic heterocycles. The van der Waals surface area contributed by atoms with E-state index < -0.39 is 0 Å². The van der Waals surface area contributed by atoms with Gasteiger partial charge in [0.15, 0.2) is 17.1 Å². The van der Waals surface area contributed by atoms with E-state index >= 15 is 0 Å². The maximum absolute atomic E-state index is 12.6. The van der Waals surface area contributed by atoms with E-state index in [1.165, 1.54) is 6.33 Å². The fourth-order valence-electron chi connectivity index (χ4n) is 3.62. The maximum atomic E-state index is 12.6. The first kappa shape index (κ1) is 21.8. The van der Waals surface area contributed by atoms with Crippen LogP contribution in [-0.4, -0.2) is 65.2 Å². The van der Waals surface area contributed by atoms with Crippen molar-refractivity contribution in [3.63, 3.8) is 0 Å². The molecule has 10 nitrogen and oxygen atoms in total. The Morgan fingerprint density at radius 3 is 2.69 bits per heavy atom. The van der Waals surface area contributed by atoms with Gasteiger partial charge in [0.05, 0.1) is 38.0 Å². The van der Waals surface area contributed by atoms with Gasteiger partial charge in [-0.2, -0.15) is 5.10 Å². The molecule has 1 fully saturated rings. The molecule has 3 heterocycles. The molecule has 1 aromatic carbocycles. The van der Waals surface area contributed by atoms with Crippen LogP contribution in [-0.2, 0) is 22.6 Å². The molecule has 0 saturated carbocycles. The van der Waals surface area contributed by atoms with E-state index in [4.69, 9.17) is 14.2 Å². The quantitative estimate of drug-likeness (QED) is 0.537. The second kappa shape index (κ2) is 10.3. The molecule has 32 heavy (non-hydrogen) atoms. The van der Waals surface area contributed by atoms with Crippen LogP contribution >= 0.6 is 0 Å². The molecule has 0 spiro atoms. The van der Waals surface area contributed by atoms with Crippen molar-refractivity contribution in [3.8, 4) is 11.5 Å².